The first-order valence-corrected chi connectivity index (χ1v) is 11.0. The van der Waals surface area contributed by atoms with Gasteiger partial charge < -0.3 is 4.98 Å². The third-order valence-electron chi connectivity index (χ3n) is 6.20. The van der Waals surface area contributed by atoms with Crippen molar-refractivity contribution in [1.82, 2.24) is 19.4 Å². The van der Waals surface area contributed by atoms with E-state index in [1.54, 1.807) is 10.8 Å². The molecule has 1 atom stereocenters. The molecule has 0 amide bonds. The van der Waals surface area contributed by atoms with Gasteiger partial charge in [0, 0.05) is 19.3 Å². The van der Waals surface area contributed by atoms with E-state index < -0.39 is 0 Å². The lowest BCUT2D eigenvalue weighted by atomic mass is 9.88. The summed E-state index contributed by atoms with van der Waals surface area (Å²) in [5.41, 5.74) is 6.53. The topological polar surface area (TPSA) is 53.9 Å². The van der Waals surface area contributed by atoms with E-state index in [2.05, 4.69) is 82.1 Å². The normalized spacial score (nSPS) is 15.6. The molecule has 0 saturated carbocycles. The third kappa shape index (κ3) is 3.72. The monoisotopic (exact) mass is 422 g/mol. The Balaban J connectivity index is 1.47. The summed E-state index contributed by atoms with van der Waals surface area (Å²) in [6.45, 7) is 5.73. The summed E-state index contributed by atoms with van der Waals surface area (Å²) in [5.74, 6) is 0. The van der Waals surface area contributed by atoms with Gasteiger partial charge in [0.05, 0.1) is 5.52 Å². The maximum absolute atomic E-state index is 12.7. The SMILES string of the molecule is C=CC(N1CCC(=C(c2ccccc2)c2ccccc2)CC1)n1c(=O)[nH]c2cccnc21. The Labute approximate surface area is 187 Å². The van der Waals surface area contributed by atoms with Crippen molar-refractivity contribution in [3.05, 3.63) is 119 Å². The molecule has 0 radical (unpaired) electrons. The summed E-state index contributed by atoms with van der Waals surface area (Å²) in [7, 11) is 0. The third-order valence-corrected chi connectivity index (χ3v) is 6.20. The standard InChI is InChI=1S/C27H26N4O/c1-2-24(31-26-23(29-27(31)32)14-9-17-28-26)30-18-15-22(16-19-30)25(20-10-5-3-6-11-20)21-12-7-4-8-13-21/h2-14,17,24H,1,15-16,18-19H2,(H,29,32). The molecule has 160 valence electrons. The maximum atomic E-state index is 12.7. The minimum absolute atomic E-state index is 0.154. The number of rotatable bonds is 5. The molecule has 2 aromatic heterocycles. The molecule has 2 aromatic carbocycles. The van der Waals surface area contributed by atoms with Gasteiger partial charge >= 0.3 is 5.69 Å². The first-order chi connectivity index (χ1) is 15.8. The molecule has 1 saturated heterocycles. The zero-order valence-corrected chi connectivity index (χ0v) is 17.9. The van der Waals surface area contributed by atoms with E-state index in [4.69, 9.17) is 0 Å². The zero-order valence-electron chi connectivity index (χ0n) is 17.9. The number of pyridine rings is 1. The molecule has 5 heteroatoms. The van der Waals surface area contributed by atoms with Gasteiger partial charge in [0.2, 0.25) is 0 Å². The van der Waals surface area contributed by atoms with Gasteiger partial charge in [-0.05, 0) is 41.7 Å². The maximum Gasteiger partial charge on any atom is 0.329 e. The van der Waals surface area contributed by atoms with Crippen LogP contribution in [0.1, 0.15) is 30.1 Å². The number of likely N-dealkylation sites (tertiary alicyclic amines) is 1. The molecule has 0 spiro atoms. The van der Waals surface area contributed by atoms with Crippen molar-refractivity contribution < 1.29 is 0 Å². The largest absolute Gasteiger partial charge is 0.329 e. The first kappa shape index (κ1) is 20.2. The van der Waals surface area contributed by atoms with Crippen LogP contribution in [-0.2, 0) is 0 Å². The van der Waals surface area contributed by atoms with Crippen LogP contribution in [-0.4, -0.2) is 32.5 Å². The molecule has 3 heterocycles. The van der Waals surface area contributed by atoms with E-state index in [0.717, 1.165) is 31.4 Å². The molecule has 1 aliphatic heterocycles. The van der Waals surface area contributed by atoms with Crippen LogP contribution < -0.4 is 5.69 Å². The second-order valence-corrected chi connectivity index (χ2v) is 8.07. The summed E-state index contributed by atoms with van der Waals surface area (Å²) < 4.78 is 1.71. The fourth-order valence-corrected chi connectivity index (χ4v) is 4.71. The van der Waals surface area contributed by atoms with Crippen molar-refractivity contribution in [2.24, 2.45) is 0 Å². The zero-order chi connectivity index (χ0) is 21.9. The van der Waals surface area contributed by atoms with Crippen LogP contribution in [0.2, 0.25) is 0 Å². The molecule has 5 nitrogen and oxygen atoms in total. The molecule has 1 unspecified atom stereocenters. The molecule has 5 rings (SSSR count). The highest BCUT2D eigenvalue weighted by Crippen LogP contribution is 2.34. The lowest BCUT2D eigenvalue weighted by Crippen LogP contribution is -2.39. The van der Waals surface area contributed by atoms with Gasteiger partial charge in [0.1, 0.15) is 6.17 Å². The average molecular weight is 423 g/mol. The number of H-pyrrole nitrogens is 1. The molecular formula is C27H26N4O. The summed E-state index contributed by atoms with van der Waals surface area (Å²) in [6.07, 6.45) is 5.20. The smallest absolute Gasteiger partial charge is 0.304 e. The van der Waals surface area contributed by atoms with Gasteiger partial charge in [-0.15, -0.1) is 0 Å². The number of hydrogen-bond acceptors (Lipinski definition) is 3. The summed E-state index contributed by atoms with van der Waals surface area (Å²) in [5, 5.41) is 0. The molecule has 0 bridgehead atoms. The Bertz CT molecular complexity index is 1270. The number of hydrogen-bond donors (Lipinski definition) is 1. The Morgan fingerprint density at radius 3 is 2.16 bits per heavy atom. The molecule has 0 aliphatic carbocycles. The number of nitrogens with zero attached hydrogens (tertiary/aromatic N) is 3. The van der Waals surface area contributed by atoms with Crippen LogP contribution in [0, 0.1) is 0 Å². The second-order valence-electron chi connectivity index (χ2n) is 8.07. The van der Waals surface area contributed by atoms with Gasteiger partial charge in [-0.2, -0.15) is 0 Å². The van der Waals surface area contributed by atoms with Crippen LogP contribution in [0.3, 0.4) is 0 Å². The molecule has 1 aliphatic rings. The highest BCUT2D eigenvalue weighted by atomic mass is 16.1. The van der Waals surface area contributed by atoms with Crippen LogP contribution in [0.5, 0.6) is 0 Å². The predicted molar refractivity (Wildman–Crippen MR) is 129 cm³/mol. The fourth-order valence-electron chi connectivity index (χ4n) is 4.71. The second kappa shape index (κ2) is 8.81. The number of fused-ring (bicyclic) bond motifs is 1. The number of imidazole rings is 1. The number of piperidine rings is 1. The Hall–Kier alpha value is -3.70. The van der Waals surface area contributed by atoms with Crippen LogP contribution in [0.15, 0.2) is 102 Å². The minimum Gasteiger partial charge on any atom is -0.304 e. The number of benzene rings is 2. The van der Waals surface area contributed by atoms with Crippen molar-refractivity contribution in [2.45, 2.75) is 19.0 Å². The first-order valence-electron chi connectivity index (χ1n) is 11.0. The highest BCUT2D eigenvalue weighted by molar-refractivity contribution is 5.82. The minimum atomic E-state index is -0.232. The summed E-state index contributed by atoms with van der Waals surface area (Å²) >= 11 is 0. The van der Waals surface area contributed by atoms with Crippen LogP contribution in [0.25, 0.3) is 16.7 Å². The summed E-state index contributed by atoms with van der Waals surface area (Å²) in [6, 6.07) is 24.9. The Kier molecular flexibility index (Phi) is 5.57. The lowest BCUT2D eigenvalue weighted by Gasteiger charge is -2.35. The van der Waals surface area contributed by atoms with E-state index in [1.165, 1.54) is 22.3 Å². The Morgan fingerprint density at radius 2 is 1.56 bits per heavy atom. The van der Waals surface area contributed by atoms with Gasteiger partial charge in [-0.3, -0.25) is 9.47 Å². The Morgan fingerprint density at radius 1 is 0.938 bits per heavy atom. The van der Waals surface area contributed by atoms with Gasteiger partial charge in [0.25, 0.3) is 0 Å². The van der Waals surface area contributed by atoms with E-state index >= 15 is 0 Å². The molecule has 1 N–H and O–H groups in total. The van der Waals surface area contributed by atoms with Crippen molar-refractivity contribution in [3.63, 3.8) is 0 Å². The number of aromatic amines is 1. The van der Waals surface area contributed by atoms with Crippen molar-refractivity contribution in [2.75, 3.05) is 13.1 Å². The molecule has 4 aromatic rings. The van der Waals surface area contributed by atoms with Gasteiger partial charge in [-0.25, -0.2) is 9.78 Å². The molecule has 1 fully saturated rings. The van der Waals surface area contributed by atoms with Gasteiger partial charge in [-0.1, -0.05) is 78.9 Å². The lowest BCUT2D eigenvalue weighted by molar-refractivity contribution is 0.166. The van der Waals surface area contributed by atoms with Crippen molar-refractivity contribution in [3.8, 4) is 0 Å². The molecular weight excluding hydrogens is 396 g/mol. The number of nitrogens with one attached hydrogen (secondary N) is 1. The molecule has 32 heavy (non-hydrogen) atoms. The van der Waals surface area contributed by atoms with E-state index in [-0.39, 0.29) is 11.9 Å². The predicted octanol–water partition coefficient (Wildman–Crippen LogP) is 5.01. The fraction of sp³-hybridized carbons (Fsp3) is 0.185. The highest BCUT2D eigenvalue weighted by Gasteiger charge is 2.26. The van der Waals surface area contributed by atoms with Crippen LogP contribution >= 0.6 is 0 Å². The summed E-state index contributed by atoms with van der Waals surface area (Å²) in [4.78, 5) is 22.4. The van der Waals surface area contributed by atoms with Crippen molar-refractivity contribution in [1.29, 1.82) is 0 Å². The quantitative estimate of drug-likeness (QED) is 0.460. The average Bonchev–Trinajstić information content (AvgIpc) is 3.18. The van der Waals surface area contributed by atoms with Crippen molar-refractivity contribution >= 4 is 16.7 Å². The number of aromatic nitrogens is 3. The van der Waals surface area contributed by atoms with E-state index in [1.807, 2.05) is 18.2 Å². The van der Waals surface area contributed by atoms with E-state index in [9.17, 15) is 4.79 Å². The van der Waals surface area contributed by atoms with Gasteiger partial charge in [0.15, 0.2) is 5.65 Å². The van der Waals surface area contributed by atoms with E-state index in [0.29, 0.717) is 5.65 Å². The van der Waals surface area contributed by atoms with Crippen LogP contribution in [0.4, 0.5) is 0 Å².